The fourth-order valence-corrected chi connectivity index (χ4v) is 2.94. The highest BCUT2D eigenvalue weighted by Gasteiger charge is 2.25. The Morgan fingerprint density at radius 3 is 2.62 bits per heavy atom. The first-order chi connectivity index (χ1) is 11.6. The Bertz CT molecular complexity index is 824. The number of amides is 2. The van der Waals surface area contributed by atoms with Crippen LogP contribution in [0.3, 0.4) is 0 Å². The van der Waals surface area contributed by atoms with Crippen molar-refractivity contribution < 1.29 is 9.59 Å². The van der Waals surface area contributed by atoms with Crippen LogP contribution >= 0.6 is 0 Å². The summed E-state index contributed by atoms with van der Waals surface area (Å²) in [5.41, 5.74) is 5.58. The summed E-state index contributed by atoms with van der Waals surface area (Å²) in [7, 11) is 0. The summed E-state index contributed by atoms with van der Waals surface area (Å²) < 4.78 is 1.22. The van der Waals surface area contributed by atoms with Crippen LogP contribution in [0.15, 0.2) is 29.1 Å². The van der Waals surface area contributed by atoms with E-state index in [-0.39, 0.29) is 36.3 Å². The van der Waals surface area contributed by atoms with Crippen LogP contribution in [0.25, 0.3) is 10.9 Å². The summed E-state index contributed by atoms with van der Waals surface area (Å²) in [6, 6.07) is 6.98. The van der Waals surface area contributed by atoms with Crippen LogP contribution < -0.4 is 11.3 Å². The van der Waals surface area contributed by atoms with Crippen molar-refractivity contribution in [3.63, 3.8) is 0 Å². The third-order valence-electron chi connectivity index (χ3n) is 4.42. The van der Waals surface area contributed by atoms with Crippen LogP contribution in [0.5, 0.6) is 0 Å². The third kappa shape index (κ3) is 3.27. The zero-order chi connectivity index (χ0) is 17.1. The number of nitrogens with zero attached hydrogens (tertiary/aromatic N) is 4. The quantitative estimate of drug-likeness (QED) is 0.842. The summed E-state index contributed by atoms with van der Waals surface area (Å²) in [6.45, 7) is 1.22. The molecule has 3 rings (SSSR count). The summed E-state index contributed by atoms with van der Waals surface area (Å²) >= 11 is 0. The van der Waals surface area contributed by atoms with Crippen molar-refractivity contribution in [1.29, 1.82) is 0 Å². The zero-order valence-corrected chi connectivity index (χ0v) is 13.2. The molecule has 0 bridgehead atoms. The van der Waals surface area contributed by atoms with Gasteiger partial charge in [0.05, 0.1) is 11.9 Å². The van der Waals surface area contributed by atoms with E-state index in [2.05, 4.69) is 10.3 Å². The first kappa shape index (κ1) is 16.1. The van der Waals surface area contributed by atoms with E-state index in [1.54, 1.807) is 29.2 Å². The number of benzene rings is 1. The Morgan fingerprint density at radius 1 is 1.21 bits per heavy atom. The fourth-order valence-electron chi connectivity index (χ4n) is 2.94. The Hall–Kier alpha value is -2.77. The number of nitrogens with two attached hydrogens (primary N) is 1. The van der Waals surface area contributed by atoms with Crippen molar-refractivity contribution in [3.05, 3.63) is 34.6 Å². The lowest BCUT2D eigenvalue weighted by atomic mass is 9.96. The maximum atomic E-state index is 12.3. The van der Waals surface area contributed by atoms with Crippen LogP contribution in [0.1, 0.15) is 19.3 Å². The van der Waals surface area contributed by atoms with Gasteiger partial charge < -0.3 is 10.6 Å². The molecule has 0 aliphatic carbocycles. The molecule has 0 saturated carbocycles. The molecule has 0 spiro atoms. The fraction of sp³-hybridized carbons (Fsp3) is 0.438. The number of likely N-dealkylation sites (tertiary alicyclic amines) is 1. The second-order valence-corrected chi connectivity index (χ2v) is 5.94. The average Bonchev–Trinajstić information content (AvgIpc) is 2.61. The molecular weight excluding hydrogens is 310 g/mol. The summed E-state index contributed by atoms with van der Waals surface area (Å²) in [5.74, 6) is -0.511. The lowest BCUT2D eigenvalue weighted by Crippen LogP contribution is -2.42. The highest BCUT2D eigenvalue weighted by atomic mass is 16.2. The minimum atomic E-state index is -0.305. The van der Waals surface area contributed by atoms with Crippen molar-refractivity contribution in [2.45, 2.75) is 25.8 Å². The number of fused-ring (bicyclic) bond motifs is 1. The molecule has 2 amide bonds. The second-order valence-electron chi connectivity index (χ2n) is 5.94. The lowest BCUT2D eigenvalue weighted by Gasteiger charge is -2.30. The van der Waals surface area contributed by atoms with E-state index in [1.165, 1.54) is 4.68 Å². The normalized spacial score (nSPS) is 15.6. The van der Waals surface area contributed by atoms with E-state index < -0.39 is 0 Å². The van der Waals surface area contributed by atoms with E-state index in [4.69, 9.17) is 5.73 Å². The number of aryl methyl sites for hydroxylation is 1. The molecule has 2 heterocycles. The molecule has 8 heteroatoms. The van der Waals surface area contributed by atoms with Gasteiger partial charge in [0.25, 0.3) is 5.56 Å². The number of hydrogen-bond acceptors (Lipinski definition) is 5. The third-order valence-corrected chi connectivity index (χ3v) is 4.42. The van der Waals surface area contributed by atoms with Gasteiger partial charge in [-0.25, -0.2) is 4.68 Å². The monoisotopic (exact) mass is 329 g/mol. The number of primary amides is 1. The topological polar surface area (TPSA) is 111 Å². The second kappa shape index (κ2) is 6.77. The number of rotatable bonds is 4. The van der Waals surface area contributed by atoms with Crippen molar-refractivity contribution in [2.75, 3.05) is 13.1 Å². The highest BCUT2D eigenvalue weighted by molar-refractivity contribution is 5.79. The molecule has 8 nitrogen and oxygen atoms in total. The minimum Gasteiger partial charge on any atom is -0.369 e. The molecule has 24 heavy (non-hydrogen) atoms. The van der Waals surface area contributed by atoms with E-state index >= 15 is 0 Å². The average molecular weight is 329 g/mol. The maximum Gasteiger partial charge on any atom is 0.277 e. The molecular formula is C16H19N5O3. The van der Waals surface area contributed by atoms with E-state index in [0.717, 1.165) is 0 Å². The zero-order valence-electron chi connectivity index (χ0n) is 13.2. The van der Waals surface area contributed by atoms with Gasteiger partial charge in [0.15, 0.2) is 0 Å². The molecule has 1 aliphatic heterocycles. The highest BCUT2D eigenvalue weighted by Crippen LogP contribution is 2.17. The summed E-state index contributed by atoms with van der Waals surface area (Å²) in [6.07, 6.45) is 1.36. The Labute approximate surface area is 138 Å². The lowest BCUT2D eigenvalue weighted by molar-refractivity contribution is -0.135. The standard InChI is InChI=1S/C16H19N5O3/c17-15(23)11-5-8-20(9-6-11)14(22)7-10-21-16(24)12-3-1-2-4-13(12)18-19-21/h1-4,11H,5-10H2,(H2,17,23). The van der Waals surface area contributed by atoms with Crippen LogP contribution in [-0.2, 0) is 16.1 Å². The van der Waals surface area contributed by atoms with Gasteiger partial charge in [-0.3, -0.25) is 14.4 Å². The van der Waals surface area contributed by atoms with E-state index in [9.17, 15) is 14.4 Å². The molecule has 0 atom stereocenters. The van der Waals surface area contributed by atoms with Gasteiger partial charge in [-0.05, 0) is 25.0 Å². The molecule has 2 aromatic rings. The van der Waals surface area contributed by atoms with Crippen LogP contribution in [0.4, 0.5) is 0 Å². The maximum absolute atomic E-state index is 12.3. The van der Waals surface area contributed by atoms with Gasteiger partial charge in [-0.2, -0.15) is 0 Å². The summed E-state index contributed by atoms with van der Waals surface area (Å²) in [5, 5.41) is 8.37. The van der Waals surface area contributed by atoms with Crippen molar-refractivity contribution >= 4 is 22.7 Å². The first-order valence-electron chi connectivity index (χ1n) is 7.96. The van der Waals surface area contributed by atoms with Gasteiger partial charge in [-0.15, -0.1) is 5.10 Å². The van der Waals surface area contributed by atoms with Gasteiger partial charge >= 0.3 is 0 Å². The Morgan fingerprint density at radius 2 is 1.92 bits per heavy atom. The van der Waals surface area contributed by atoms with Crippen LogP contribution in [-0.4, -0.2) is 44.8 Å². The minimum absolute atomic E-state index is 0.0558. The molecule has 1 fully saturated rings. The molecule has 1 aliphatic rings. The van der Waals surface area contributed by atoms with Crippen LogP contribution in [0, 0.1) is 5.92 Å². The Kier molecular flexibility index (Phi) is 4.54. The van der Waals surface area contributed by atoms with Crippen molar-refractivity contribution in [2.24, 2.45) is 11.7 Å². The molecule has 1 saturated heterocycles. The van der Waals surface area contributed by atoms with Crippen molar-refractivity contribution in [1.82, 2.24) is 19.9 Å². The predicted octanol–water partition coefficient (Wildman–Crippen LogP) is -0.0945. The molecule has 1 aromatic heterocycles. The van der Waals surface area contributed by atoms with Gasteiger partial charge in [-0.1, -0.05) is 17.3 Å². The van der Waals surface area contributed by atoms with Crippen molar-refractivity contribution in [3.8, 4) is 0 Å². The number of piperidine rings is 1. The first-order valence-corrected chi connectivity index (χ1v) is 7.96. The summed E-state index contributed by atoms with van der Waals surface area (Å²) in [4.78, 5) is 37.4. The van der Waals surface area contributed by atoms with Gasteiger partial charge in [0.1, 0.15) is 5.52 Å². The van der Waals surface area contributed by atoms with E-state index in [1.807, 2.05) is 0 Å². The Balaban J connectivity index is 1.62. The number of carbonyl (C=O) groups excluding carboxylic acids is 2. The van der Waals surface area contributed by atoms with Gasteiger partial charge in [0, 0.05) is 25.4 Å². The van der Waals surface area contributed by atoms with Crippen LogP contribution in [0.2, 0.25) is 0 Å². The van der Waals surface area contributed by atoms with E-state index in [0.29, 0.717) is 36.8 Å². The largest absolute Gasteiger partial charge is 0.369 e. The number of aromatic nitrogens is 3. The predicted molar refractivity (Wildman–Crippen MR) is 86.9 cm³/mol. The number of carbonyl (C=O) groups is 2. The molecule has 0 unspecified atom stereocenters. The molecule has 1 aromatic carbocycles. The molecule has 126 valence electrons. The van der Waals surface area contributed by atoms with Gasteiger partial charge in [0.2, 0.25) is 11.8 Å². The smallest absolute Gasteiger partial charge is 0.277 e. The molecule has 2 N–H and O–H groups in total. The SMILES string of the molecule is NC(=O)C1CCN(C(=O)CCn2nnc3ccccc3c2=O)CC1. The number of hydrogen-bond donors (Lipinski definition) is 1. The molecule has 0 radical (unpaired) electrons.